The van der Waals surface area contributed by atoms with Crippen LogP contribution in [-0.2, 0) is 4.79 Å². The molecule has 3 rings (SSSR count). The molecule has 1 atom stereocenters. The van der Waals surface area contributed by atoms with Crippen molar-refractivity contribution in [3.63, 3.8) is 0 Å². The first-order valence-corrected chi connectivity index (χ1v) is 11.2. The molecule has 0 radical (unpaired) electrons. The second kappa shape index (κ2) is 9.70. The Labute approximate surface area is 169 Å². The number of carbonyl (C=O) groups is 1. The van der Waals surface area contributed by atoms with E-state index >= 15 is 0 Å². The van der Waals surface area contributed by atoms with Crippen molar-refractivity contribution in [2.24, 2.45) is 0 Å². The smallest absolute Gasteiger partial charge is 0.288 e. The fourth-order valence-corrected chi connectivity index (χ4v) is 5.22. The average Bonchev–Trinajstić information content (AvgIpc) is 3.09. The van der Waals surface area contributed by atoms with E-state index in [1.807, 2.05) is 11.8 Å². The van der Waals surface area contributed by atoms with Crippen LogP contribution in [0.1, 0.15) is 26.2 Å². The normalized spacial score (nSPS) is 15.8. The van der Waals surface area contributed by atoms with Crippen LogP contribution in [0.5, 0.6) is 0 Å². The maximum atomic E-state index is 12.5. The number of halogens is 2. The van der Waals surface area contributed by atoms with Crippen LogP contribution in [0.15, 0.2) is 33.5 Å². The number of amides is 1. The van der Waals surface area contributed by atoms with Crippen LogP contribution in [0.2, 0.25) is 0 Å². The summed E-state index contributed by atoms with van der Waals surface area (Å²) in [7, 11) is 0. The van der Waals surface area contributed by atoms with Gasteiger partial charge < -0.3 is 10.2 Å². The van der Waals surface area contributed by atoms with Crippen LogP contribution in [0.4, 0.5) is 19.6 Å². The minimum absolute atomic E-state index is 0.150. The Bertz CT molecular complexity index is 751. The molecule has 2 heterocycles. The first kappa shape index (κ1) is 20.3. The Morgan fingerprint density at radius 1 is 1.15 bits per heavy atom. The van der Waals surface area contributed by atoms with Crippen molar-refractivity contribution in [1.29, 1.82) is 0 Å². The molecule has 0 bridgehead atoms. The lowest BCUT2D eigenvalue weighted by Gasteiger charge is -2.28. The molecule has 1 aromatic carbocycles. The van der Waals surface area contributed by atoms with Gasteiger partial charge in [-0.1, -0.05) is 34.9 Å². The number of piperidine rings is 1. The number of alkyl halides is 2. The van der Waals surface area contributed by atoms with Gasteiger partial charge in [-0.3, -0.25) is 4.79 Å². The number of benzene rings is 1. The average molecular weight is 431 g/mol. The third-order valence-corrected chi connectivity index (χ3v) is 6.76. The molecule has 1 saturated heterocycles. The highest BCUT2D eigenvalue weighted by atomic mass is 32.2. The number of likely N-dealkylation sites (tertiary alicyclic amines) is 1. The number of hydrogen-bond donors (Lipinski definition) is 1. The number of anilines is 2. The van der Waals surface area contributed by atoms with E-state index < -0.39 is 5.76 Å². The van der Waals surface area contributed by atoms with Gasteiger partial charge in [0.1, 0.15) is 0 Å². The Morgan fingerprint density at radius 2 is 1.85 bits per heavy atom. The van der Waals surface area contributed by atoms with E-state index in [9.17, 15) is 13.6 Å². The largest absolute Gasteiger partial charge is 0.342 e. The molecule has 2 aromatic rings. The number of thioether (sulfide) groups is 2. The molecule has 27 heavy (non-hydrogen) atoms. The number of aromatic nitrogens is 2. The highest BCUT2D eigenvalue weighted by Crippen LogP contribution is 2.32. The number of nitrogens with one attached hydrogen (secondary N) is 1. The molecule has 1 aliphatic rings. The number of carbonyl (C=O) groups excluding carboxylic acids is 1. The molecule has 1 N–H and O–H groups in total. The molecule has 1 unspecified atom stereocenters. The van der Waals surface area contributed by atoms with Gasteiger partial charge in [0.25, 0.3) is 5.76 Å². The topological polar surface area (TPSA) is 58.1 Å². The third kappa shape index (κ3) is 6.05. The summed E-state index contributed by atoms with van der Waals surface area (Å²) in [6.45, 7) is 3.58. The van der Waals surface area contributed by atoms with E-state index in [4.69, 9.17) is 0 Å². The molecule has 146 valence electrons. The molecule has 1 aromatic heterocycles. The lowest BCUT2D eigenvalue weighted by molar-refractivity contribution is -0.131. The van der Waals surface area contributed by atoms with Gasteiger partial charge in [0.2, 0.25) is 11.0 Å². The van der Waals surface area contributed by atoms with E-state index in [2.05, 4.69) is 15.5 Å². The van der Waals surface area contributed by atoms with Gasteiger partial charge in [-0.05, 0) is 50.5 Å². The summed E-state index contributed by atoms with van der Waals surface area (Å²) in [5.74, 6) is -2.28. The fourth-order valence-electron chi connectivity index (χ4n) is 2.72. The predicted molar refractivity (Wildman–Crippen MR) is 107 cm³/mol. The van der Waals surface area contributed by atoms with E-state index in [1.165, 1.54) is 29.5 Å². The molecular formula is C17H20F2N4OS3. The Kier molecular flexibility index (Phi) is 7.31. The third-order valence-electron chi connectivity index (χ3n) is 4.03. The molecule has 1 amide bonds. The SMILES string of the molecule is CC(Sc1nnc(Nc2ccc(SC(F)F)cc2)s1)C(=O)N1CCCCC1. The van der Waals surface area contributed by atoms with Gasteiger partial charge in [-0.25, -0.2) is 0 Å². The zero-order valence-corrected chi connectivity index (χ0v) is 17.2. The summed E-state index contributed by atoms with van der Waals surface area (Å²) in [6.07, 6.45) is 3.34. The van der Waals surface area contributed by atoms with Gasteiger partial charge in [0, 0.05) is 23.7 Å². The first-order valence-electron chi connectivity index (χ1n) is 8.62. The monoisotopic (exact) mass is 430 g/mol. The first-order chi connectivity index (χ1) is 13.0. The minimum atomic E-state index is -2.43. The fraction of sp³-hybridized carbons (Fsp3) is 0.471. The van der Waals surface area contributed by atoms with Crippen LogP contribution in [0, 0.1) is 0 Å². The highest BCUT2D eigenvalue weighted by molar-refractivity contribution is 8.02. The predicted octanol–water partition coefficient (Wildman–Crippen LogP) is 5.09. The van der Waals surface area contributed by atoms with Gasteiger partial charge in [-0.15, -0.1) is 10.2 Å². The van der Waals surface area contributed by atoms with Crippen molar-refractivity contribution >= 4 is 51.6 Å². The van der Waals surface area contributed by atoms with Gasteiger partial charge in [0.15, 0.2) is 4.34 Å². The Morgan fingerprint density at radius 3 is 2.52 bits per heavy atom. The summed E-state index contributed by atoms with van der Waals surface area (Å²) >= 11 is 3.29. The van der Waals surface area contributed by atoms with E-state index in [-0.39, 0.29) is 11.2 Å². The van der Waals surface area contributed by atoms with Crippen LogP contribution in [0.25, 0.3) is 0 Å². The lowest BCUT2D eigenvalue weighted by atomic mass is 10.1. The Balaban J connectivity index is 1.54. The maximum Gasteiger partial charge on any atom is 0.288 e. The standard InChI is InChI=1S/C17H20F2N4OS3/c1-11(14(24)23-9-3-2-4-10-23)25-17-22-21-16(27-17)20-12-5-7-13(8-6-12)26-15(18)19/h5-8,11,15H,2-4,9-10H2,1H3,(H,20,21). The zero-order valence-electron chi connectivity index (χ0n) is 14.7. The van der Waals surface area contributed by atoms with E-state index in [0.717, 1.165) is 36.0 Å². The summed E-state index contributed by atoms with van der Waals surface area (Å²) in [5, 5.41) is 11.7. The van der Waals surface area contributed by atoms with Crippen LogP contribution < -0.4 is 5.32 Å². The number of rotatable bonds is 7. The van der Waals surface area contributed by atoms with Crippen molar-refractivity contribution < 1.29 is 13.6 Å². The van der Waals surface area contributed by atoms with Crippen LogP contribution in [0.3, 0.4) is 0 Å². The van der Waals surface area contributed by atoms with Crippen molar-refractivity contribution in [3.05, 3.63) is 24.3 Å². The molecule has 0 aliphatic carbocycles. The molecule has 0 spiro atoms. The summed E-state index contributed by atoms with van der Waals surface area (Å²) in [4.78, 5) is 14.9. The molecule has 5 nitrogen and oxygen atoms in total. The molecule has 0 saturated carbocycles. The van der Waals surface area contributed by atoms with Crippen molar-refractivity contribution in [3.8, 4) is 0 Å². The number of nitrogens with zero attached hydrogens (tertiary/aromatic N) is 3. The summed E-state index contributed by atoms with van der Waals surface area (Å²) < 4.78 is 25.4. The molecule has 10 heteroatoms. The lowest BCUT2D eigenvalue weighted by Crippen LogP contribution is -2.40. The van der Waals surface area contributed by atoms with Gasteiger partial charge in [-0.2, -0.15) is 8.78 Å². The molecule has 1 aliphatic heterocycles. The van der Waals surface area contributed by atoms with Crippen LogP contribution in [-0.4, -0.2) is 45.1 Å². The quantitative estimate of drug-likeness (QED) is 0.618. The van der Waals surface area contributed by atoms with Crippen molar-refractivity contribution in [1.82, 2.24) is 15.1 Å². The zero-order chi connectivity index (χ0) is 19.2. The van der Waals surface area contributed by atoms with E-state index in [1.54, 1.807) is 24.3 Å². The Hall–Kier alpha value is -1.39. The second-order valence-electron chi connectivity index (χ2n) is 6.05. The number of hydrogen-bond acceptors (Lipinski definition) is 7. The van der Waals surface area contributed by atoms with Crippen molar-refractivity contribution in [2.45, 2.75) is 46.4 Å². The maximum absolute atomic E-state index is 12.5. The minimum Gasteiger partial charge on any atom is -0.342 e. The highest BCUT2D eigenvalue weighted by Gasteiger charge is 2.24. The molecular weight excluding hydrogens is 410 g/mol. The van der Waals surface area contributed by atoms with Gasteiger partial charge >= 0.3 is 0 Å². The molecule has 1 fully saturated rings. The van der Waals surface area contributed by atoms with Gasteiger partial charge in [0.05, 0.1) is 5.25 Å². The van der Waals surface area contributed by atoms with Crippen LogP contribution >= 0.6 is 34.9 Å². The summed E-state index contributed by atoms with van der Waals surface area (Å²) in [5.41, 5.74) is 0.749. The van der Waals surface area contributed by atoms with Crippen molar-refractivity contribution in [2.75, 3.05) is 18.4 Å². The summed E-state index contributed by atoms with van der Waals surface area (Å²) in [6, 6.07) is 6.72. The van der Waals surface area contributed by atoms with E-state index in [0.29, 0.717) is 21.8 Å². The second-order valence-corrected chi connectivity index (χ2v) is 9.68.